The van der Waals surface area contributed by atoms with Gasteiger partial charge in [-0.25, -0.2) is 4.57 Å². The van der Waals surface area contributed by atoms with Crippen molar-refractivity contribution in [3.05, 3.63) is 109 Å². The molecule has 0 saturated carbocycles. The summed E-state index contributed by atoms with van der Waals surface area (Å²) in [6, 6.07) is -1.55. The predicted molar refractivity (Wildman–Crippen MR) is 253 cm³/mol. The summed E-state index contributed by atoms with van der Waals surface area (Å²) in [5.74, 6) is -2.55. The van der Waals surface area contributed by atoms with E-state index in [4.69, 9.17) is 29.6 Å². The third kappa shape index (κ3) is 37.2. The molecule has 0 aromatic heterocycles. The third-order valence-corrected chi connectivity index (χ3v) is 10.4. The van der Waals surface area contributed by atoms with Crippen LogP contribution in [0.25, 0.3) is 0 Å². The first-order valence-electron chi connectivity index (χ1n) is 23.0. The zero-order valence-electron chi connectivity index (χ0n) is 38.1. The molecular weight excluding hydrogens is 822 g/mol. The number of allylic oxidation sites excluding steroid dienone is 16. The first kappa shape index (κ1) is 57.1. The van der Waals surface area contributed by atoms with Crippen LogP contribution in [0.15, 0.2) is 109 Å². The van der Waals surface area contributed by atoms with Gasteiger partial charge >= 0.3 is 25.7 Å². The van der Waals surface area contributed by atoms with Crippen LogP contribution in [0.4, 0.5) is 0 Å². The van der Waals surface area contributed by atoms with Gasteiger partial charge in [-0.1, -0.05) is 142 Å². The average Bonchev–Trinajstić information content (AvgIpc) is 4.02. The Balaban J connectivity index is 2.35. The molecule has 1 aliphatic heterocycles. The van der Waals surface area contributed by atoms with Crippen molar-refractivity contribution in [2.24, 2.45) is 5.73 Å². The van der Waals surface area contributed by atoms with Crippen LogP contribution in [0.1, 0.15) is 142 Å². The summed E-state index contributed by atoms with van der Waals surface area (Å²) in [5, 5.41) is 8.90. The molecule has 1 fully saturated rings. The first-order chi connectivity index (χ1) is 30.6. The smallest absolute Gasteiger partial charge is 0.472 e. The number of esters is 2. The molecule has 3 unspecified atom stereocenters. The number of hydrogen-bond acceptors (Lipinski definition) is 10. The van der Waals surface area contributed by atoms with Crippen LogP contribution in [0.5, 0.6) is 0 Å². The summed E-state index contributed by atoms with van der Waals surface area (Å²) in [6.45, 7) is 2.53. The number of carboxylic acids is 1. The fourth-order valence-electron chi connectivity index (χ4n) is 5.70. The van der Waals surface area contributed by atoms with Gasteiger partial charge in [0.2, 0.25) is 0 Å². The maximum atomic E-state index is 12.6. The van der Waals surface area contributed by atoms with Gasteiger partial charge in [0.15, 0.2) is 6.10 Å². The van der Waals surface area contributed by atoms with Crippen LogP contribution in [0.3, 0.4) is 0 Å². The maximum Gasteiger partial charge on any atom is 0.472 e. The van der Waals surface area contributed by atoms with E-state index in [1.807, 2.05) is 18.2 Å². The number of carbonyl (C=O) groups excluding carboxylic acids is 2. The molecule has 0 aliphatic carbocycles. The summed E-state index contributed by atoms with van der Waals surface area (Å²) in [5.41, 5.74) is 5.33. The van der Waals surface area contributed by atoms with Crippen molar-refractivity contribution in [1.29, 1.82) is 0 Å². The second kappa shape index (κ2) is 39.7. The number of rotatable bonds is 40. The third-order valence-electron chi connectivity index (χ3n) is 9.42. The Labute approximate surface area is 378 Å². The highest BCUT2D eigenvalue weighted by Gasteiger charge is 2.36. The van der Waals surface area contributed by atoms with Crippen LogP contribution < -0.4 is 5.73 Å². The summed E-state index contributed by atoms with van der Waals surface area (Å²) in [6.07, 6.45) is 54.9. The van der Waals surface area contributed by atoms with Crippen molar-refractivity contribution in [2.75, 3.05) is 19.8 Å². The molecule has 13 heteroatoms. The predicted octanol–water partition coefficient (Wildman–Crippen LogP) is 11.6. The maximum absolute atomic E-state index is 12.6. The van der Waals surface area contributed by atoms with E-state index in [2.05, 4.69) is 110 Å². The van der Waals surface area contributed by atoms with Crippen molar-refractivity contribution >= 4 is 25.7 Å². The minimum atomic E-state index is -4.76. The molecule has 0 amide bonds. The highest BCUT2D eigenvalue weighted by molar-refractivity contribution is 7.47. The second-order valence-corrected chi connectivity index (χ2v) is 16.6. The van der Waals surface area contributed by atoms with Gasteiger partial charge in [-0.05, 0) is 96.3 Å². The van der Waals surface area contributed by atoms with Crippen LogP contribution in [-0.4, -0.2) is 72.1 Å². The molecule has 1 heterocycles. The molecule has 1 saturated heterocycles. The Morgan fingerprint density at radius 3 is 1.59 bits per heavy atom. The van der Waals surface area contributed by atoms with Crippen molar-refractivity contribution in [2.45, 2.75) is 167 Å². The van der Waals surface area contributed by atoms with E-state index in [0.717, 1.165) is 70.6 Å². The van der Waals surface area contributed by atoms with Crippen LogP contribution in [-0.2, 0) is 42.2 Å². The summed E-state index contributed by atoms with van der Waals surface area (Å²) < 4.78 is 38.3. The number of unbranched alkanes of at least 4 members (excludes halogenated alkanes) is 6. The molecule has 0 spiro atoms. The number of epoxide rings is 1. The van der Waals surface area contributed by atoms with E-state index in [1.54, 1.807) is 0 Å². The van der Waals surface area contributed by atoms with Crippen molar-refractivity contribution in [1.82, 2.24) is 0 Å². The molecule has 5 atom stereocenters. The van der Waals surface area contributed by atoms with Gasteiger partial charge in [0.1, 0.15) is 12.6 Å². The Bertz CT molecular complexity index is 1540. The number of phosphoric acid groups is 1. The molecular formula is C50H78NO11P. The quantitative estimate of drug-likeness (QED) is 0.0174. The number of carbonyl (C=O) groups is 3. The summed E-state index contributed by atoms with van der Waals surface area (Å²) in [7, 11) is -4.76. The van der Waals surface area contributed by atoms with E-state index in [9.17, 15) is 23.8 Å². The molecule has 63 heavy (non-hydrogen) atoms. The van der Waals surface area contributed by atoms with Crippen LogP contribution >= 0.6 is 7.82 Å². The second-order valence-electron chi connectivity index (χ2n) is 15.2. The van der Waals surface area contributed by atoms with Gasteiger partial charge < -0.3 is 29.9 Å². The lowest BCUT2D eigenvalue weighted by molar-refractivity contribution is -0.161. The van der Waals surface area contributed by atoms with Gasteiger partial charge in [0.05, 0.1) is 25.4 Å². The largest absolute Gasteiger partial charge is 0.480 e. The number of aliphatic carboxylic acids is 1. The highest BCUT2D eigenvalue weighted by atomic mass is 31.2. The van der Waals surface area contributed by atoms with Gasteiger partial charge in [-0.15, -0.1) is 0 Å². The van der Waals surface area contributed by atoms with E-state index in [-0.39, 0.29) is 12.8 Å². The zero-order valence-corrected chi connectivity index (χ0v) is 39.0. The number of hydrogen-bond donors (Lipinski definition) is 3. The number of ether oxygens (including phenoxy) is 3. The van der Waals surface area contributed by atoms with Gasteiger partial charge in [0, 0.05) is 12.8 Å². The van der Waals surface area contributed by atoms with Crippen molar-refractivity contribution < 1.29 is 52.2 Å². The fourth-order valence-corrected chi connectivity index (χ4v) is 6.48. The lowest BCUT2D eigenvalue weighted by Gasteiger charge is -2.20. The SMILES string of the molecule is CC/C=C\CC1OC1C/C=C\C/C=C\C/C=C\C/C=C\CCC(=O)O[C@H](COC(=O)CCCCC/C=C\C/C=C\C/C=C\C/C=C\CCCCC)COP(=O)(O)OC[C@H](N)C(=O)O. The van der Waals surface area contributed by atoms with Crippen LogP contribution in [0, 0.1) is 0 Å². The minimum Gasteiger partial charge on any atom is -0.480 e. The number of phosphoric ester groups is 1. The first-order valence-corrected chi connectivity index (χ1v) is 24.5. The number of carboxylic acid groups (broad SMARTS) is 1. The van der Waals surface area contributed by atoms with Crippen molar-refractivity contribution in [3.8, 4) is 0 Å². The normalized spacial score (nSPS) is 17.8. The van der Waals surface area contributed by atoms with Gasteiger partial charge in [0.25, 0.3) is 0 Å². The molecule has 354 valence electrons. The van der Waals surface area contributed by atoms with E-state index >= 15 is 0 Å². The Hall–Kier alpha value is -3.90. The standard InChI is InChI=1S/C50H78NO11P/c1-3-5-7-8-9-10-11-12-13-14-15-16-17-18-22-25-28-31-35-39-48(52)58-41-44(42-59-63(56,57)60-43-45(51)50(54)55)61-49(53)40-36-32-29-26-23-20-19-21-24-27-30-34-38-47-46(62-47)37-33-6-4-2/h6,9-10,12-13,15-16,18,20-24,29-30,32-34,44-47H,3-5,7-8,11,14,17,19,25-28,31,35-43,51H2,1-2H3,(H,54,55)(H,56,57)/b10-9-,13-12-,16-15-,22-18-,23-20-,24-21-,32-29-,33-6-,34-30-/t44-,45+,46?,47?/m1/s1. The fraction of sp³-hybridized carbons (Fsp3) is 0.580. The number of nitrogens with two attached hydrogens (primary N) is 1. The lowest BCUT2D eigenvalue weighted by atomic mass is 10.1. The molecule has 0 aromatic rings. The molecule has 0 radical (unpaired) electrons. The zero-order chi connectivity index (χ0) is 46.1. The molecule has 1 rings (SSSR count). The van der Waals surface area contributed by atoms with E-state index in [1.165, 1.54) is 25.7 Å². The minimum absolute atomic E-state index is 0.0184. The lowest BCUT2D eigenvalue weighted by Crippen LogP contribution is -2.34. The topological polar surface area (TPSA) is 184 Å². The average molecular weight is 900 g/mol. The van der Waals surface area contributed by atoms with E-state index < -0.39 is 57.7 Å². The molecule has 12 nitrogen and oxygen atoms in total. The van der Waals surface area contributed by atoms with Gasteiger partial charge in [-0.3, -0.25) is 23.4 Å². The summed E-state index contributed by atoms with van der Waals surface area (Å²) >= 11 is 0. The molecule has 4 N–H and O–H groups in total. The molecule has 0 bridgehead atoms. The molecule has 0 aromatic carbocycles. The van der Waals surface area contributed by atoms with Gasteiger partial charge in [-0.2, -0.15) is 0 Å². The molecule has 1 aliphatic rings. The Morgan fingerprint density at radius 2 is 1.06 bits per heavy atom. The monoisotopic (exact) mass is 900 g/mol. The highest BCUT2D eigenvalue weighted by Crippen LogP contribution is 2.43. The van der Waals surface area contributed by atoms with Crippen LogP contribution in [0.2, 0.25) is 0 Å². The van der Waals surface area contributed by atoms with Crippen molar-refractivity contribution in [3.63, 3.8) is 0 Å². The Morgan fingerprint density at radius 1 is 0.587 bits per heavy atom. The van der Waals surface area contributed by atoms with E-state index in [0.29, 0.717) is 31.5 Å². The Kier molecular flexibility index (Phi) is 36.0. The summed E-state index contributed by atoms with van der Waals surface area (Å²) in [4.78, 5) is 46.0.